The van der Waals surface area contributed by atoms with Gasteiger partial charge in [-0.1, -0.05) is 15.9 Å². The molecule has 0 spiro atoms. The standard InChI is InChI=1S/C14H19BrN2O4S/c1-11-8-12(15)10-13(9-11)16-14(18)2-7-22(19,20)17-3-5-21-6-4-17/h8-10H,2-7H2,1H3,(H,16,18). The van der Waals surface area contributed by atoms with E-state index in [4.69, 9.17) is 4.74 Å². The van der Waals surface area contributed by atoms with Gasteiger partial charge in [0.25, 0.3) is 0 Å². The van der Waals surface area contributed by atoms with E-state index in [1.165, 1.54) is 4.31 Å². The van der Waals surface area contributed by atoms with E-state index >= 15 is 0 Å². The Labute approximate surface area is 139 Å². The second-order valence-electron chi connectivity index (χ2n) is 5.14. The first kappa shape index (κ1) is 17.4. The van der Waals surface area contributed by atoms with Gasteiger partial charge in [0.05, 0.1) is 19.0 Å². The molecule has 1 aliphatic heterocycles. The summed E-state index contributed by atoms with van der Waals surface area (Å²) in [5, 5.41) is 2.72. The van der Waals surface area contributed by atoms with Crippen LogP contribution in [0.5, 0.6) is 0 Å². The van der Waals surface area contributed by atoms with E-state index in [-0.39, 0.29) is 18.1 Å². The highest BCUT2D eigenvalue weighted by atomic mass is 79.9. The van der Waals surface area contributed by atoms with Crippen LogP contribution in [0.3, 0.4) is 0 Å². The summed E-state index contributed by atoms with van der Waals surface area (Å²) in [6.45, 7) is 3.44. The van der Waals surface area contributed by atoms with Gasteiger partial charge in [-0.2, -0.15) is 4.31 Å². The van der Waals surface area contributed by atoms with Crippen molar-refractivity contribution in [2.75, 3.05) is 37.4 Å². The number of nitrogens with one attached hydrogen (secondary N) is 1. The second-order valence-corrected chi connectivity index (χ2v) is 8.15. The first-order chi connectivity index (χ1) is 10.4. The van der Waals surface area contributed by atoms with E-state index < -0.39 is 10.0 Å². The van der Waals surface area contributed by atoms with Crippen molar-refractivity contribution in [2.45, 2.75) is 13.3 Å². The number of rotatable bonds is 5. The lowest BCUT2D eigenvalue weighted by Gasteiger charge is -2.25. The average molecular weight is 391 g/mol. The van der Waals surface area contributed by atoms with Gasteiger partial charge in [0.15, 0.2) is 0 Å². The van der Waals surface area contributed by atoms with Crippen LogP contribution < -0.4 is 5.32 Å². The quantitative estimate of drug-likeness (QED) is 0.830. The number of nitrogens with zero attached hydrogens (tertiary/aromatic N) is 1. The van der Waals surface area contributed by atoms with Crippen LogP contribution in [0.25, 0.3) is 0 Å². The number of hydrogen-bond donors (Lipinski definition) is 1. The molecule has 0 aromatic heterocycles. The smallest absolute Gasteiger partial charge is 0.225 e. The summed E-state index contributed by atoms with van der Waals surface area (Å²) >= 11 is 3.36. The third-order valence-electron chi connectivity index (χ3n) is 3.28. The fraction of sp³-hybridized carbons (Fsp3) is 0.500. The molecule has 0 bridgehead atoms. The topological polar surface area (TPSA) is 75.7 Å². The number of aryl methyl sites for hydroxylation is 1. The third kappa shape index (κ3) is 5.05. The minimum Gasteiger partial charge on any atom is -0.379 e. The van der Waals surface area contributed by atoms with Gasteiger partial charge in [-0.15, -0.1) is 0 Å². The lowest BCUT2D eigenvalue weighted by atomic mass is 10.2. The predicted octanol–water partition coefficient (Wildman–Crippen LogP) is 1.75. The fourth-order valence-corrected chi connectivity index (χ4v) is 4.22. The Morgan fingerprint density at radius 2 is 2.00 bits per heavy atom. The summed E-state index contributed by atoms with van der Waals surface area (Å²) in [7, 11) is -3.40. The summed E-state index contributed by atoms with van der Waals surface area (Å²) in [5.74, 6) is -0.499. The van der Waals surface area contributed by atoms with E-state index in [2.05, 4.69) is 21.2 Å². The maximum atomic E-state index is 12.1. The van der Waals surface area contributed by atoms with Crippen molar-refractivity contribution in [2.24, 2.45) is 0 Å². The molecule has 122 valence electrons. The van der Waals surface area contributed by atoms with Crippen molar-refractivity contribution in [1.82, 2.24) is 4.31 Å². The molecule has 6 nitrogen and oxygen atoms in total. The highest BCUT2D eigenvalue weighted by Gasteiger charge is 2.24. The zero-order valence-electron chi connectivity index (χ0n) is 12.3. The van der Waals surface area contributed by atoms with Crippen LogP contribution in [-0.4, -0.2) is 50.7 Å². The predicted molar refractivity (Wildman–Crippen MR) is 88.3 cm³/mol. The number of carbonyl (C=O) groups is 1. The average Bonchev–Trinajstić information content (AvgIpc) is 2.45. The molecule has 1 saturated heterocycles. The van der Waals surface area contributed by atoms with E-state index in [9.17, 15) is 13.2 Å². The van der Waals surface area contributed by atoms with Crippen molar-refractivity contribution in [1.29, 1.82) is 0 Å². The molecule has 0 saturated carbocycles. The molecule has 0 radical (unpaired) electrons. The normalized spacial score (nSPS) is 16.5. The molecule has 1 aromatic carbocycles. The van der Waals surface area contributed by atoms with Crippen LogP contribution in [0.4, 0.5) is 5.69 Å². The largest absolute Gasteiger partial charge is 0.379 e. The van der Waals surface area contributed by atoms with Gasteiger partial charge in [-0.25, -0.2) is 8.42 Å². The lowest BCUT2D eigenvalue weighted by molar-refractivity contribution is -0.115. The van der Waals surface area contributed by atoms with E-state index in [1.54, 1.807) is 6.07 Å². The van der Waals surface area contributed by atoms with Gasteiger partial charge >= 0.3 is 0 Å². The number of halogens is 1. The van der Waals surface area contributed by atoms with Crippen LogP contribution in [0.15, 0.2) is 22.7 Å². The number of ether oxygens (including phenoxy) is 1. The molecular formula is C14H19BrN2O4S. The Morgan fingerprint density at radius 3 is 2.64 bits per heavy atom. The van der Waals surface area contributed by atoms with Gasteiger partial charge < -0.3 is 10.1 Å². The first-order valence-electron chi connectivity index (χ1n) is 6.99. The number of morpholine rings is 1. The maximum Gasteiger partial charge on any atom is 0.225 e. The molecule has 1 fully saturated rings. The SMILES string of the molecule is Cc1cc(Br)cc(NC(=O)CCS(=O)(=O)N2CCOCC2)c1. The Morgan fingerprint density at radius 1 is 1.32 bits per heavy atom. The zero-order valence-corrected chi connectivity index (χ0v) is 14.7. The number of benzene rings is 1. The Balaban J connectivity index is 1.89. The van der Waals surface area contributed by atoms with E-state index in [1.807, 2.05) is 19.1 Å². The molecular weight excluding hydrogens is 372 g/mol. The van der Waals surface area contributed by atoms with Crippen LogP contribution in [0.1, 0.15) is 12.0 Å². The molecule has 1 N–H and O–H groups in total. The molecule has 1 aliphatic rings. The van der Waals surface area contributed by atoms with Gasteiger partial charge in [0, 0.05) is 29.7 Å². The van der Waals surface area contributed by atoms with Gasteiger partial charge in [-0.05, 0) is 30.7 Å². The molecule has 0 unspecified atom stereocenters. The molecule has 1 heterocycles. The minimum atomic E-state index is -3.40. The summed E-state index contributed by atoms with van der Waals surface area (Å²) in [4.78, 5) is 11.9. The molecule has 2 rings (SSSR count). The van der Waals surface area contributed by atoms with Crippen LogP contribution >= 0.6 is 15.9 Å². The fourth-order valence-electron chi connectivity index (χ4n) is 2.21. The molecule has 0 aliphatic carbocycles. The summed E-state index contributed by atoms with van der Waals surface area (Å²) in [6, 6.07) is 5.54. The molecule has 1 amide bonds. The zero-order chi connectivity index (χ0) is 16.2. The van der Waals surface area contributed by atoms with Crippen molar-refractivity contribution >= 4 is 37.5 Å². The Kier molecular flexibility index (Phi) is 5.96. The highest BCUT2D eigenvalue weighted by Crippen LogP contribution is 2.19. The van der Waals surface area contributed by atoms with Crippen molar-refractivity contribution < 1.29 is 17.9 Å². The summed E-state index contributed by atoms with van der Waals surface area (Å²) in [5.41, 5.74) is 1.66. The van der Waals surface area contributed by atoms with Crippen LogP contribution in [0, 0.1) is 6.92 Å². The van der Waals surface area contributed by atoms with Gasteiger partial charge in [0.2, 0.25) is 15.9 Å². The van der Waals surface area contributed by atoms with Crippen molar-refractivity contribution in [3.63, 3.8) is 0 Å². The number of anilines is 1. The Hall–Kier alpha value is -0.960. The molecule has 1 aromatic rings. The van der Waals surface area contributed by atoms with Crippen LogP contribution in [0.2, 0.25) is 0 Å². The molecule has 22 heavy (non-hydrogen) atoms. The number of sulfonamides is 1. The van der Waals surface area contributed by atoms with E-state index in [0.29, 0.717) is 32.0 Å². The van der Waals surface area contributed by atoms with Crippen molar-refractivity contribution in [3.05, 3.63) is 28.2 Å². The minimum absolute atomic E-state index is 0.0642. The number of amides is 1. The molecule has 0 atom stereocenters. The number of hydrogen-bond acceptors (Lipinski definition) is 4. The second kappa shape index (κ2) is 7.54. The van der Waals surface area contributed by atoms with E-state index in [0.717, 1.165) is 10.0 Å². The monoisotopic (exact) mass is 390 g/mol. The van der Waals surface area contributed by atoms with Gasteiger partial charge in [0.1, 0.15) is 0 Å². The number of carbonyl (C=O) groups excluding carboxylic acids is 1. The summed E-state index contributed by atoms with van der Waals surface area (Å²) < 4.78 is 31.6. The maximum absolute atomic E-state index is 12.1. The Bertz CT molecular complexity index is 622. The highest BCUT2D eigenvalue weighted by molar-refractivity contribution is 9.10. The van der Waals surface area contributed by atoms with Crippen LogP contribution in [-0.2, 0) is 19.6 Å². The first-order valence-corrected chi connectivity index (χ1v) is 9.40. The summed E-state index contributed by atoms with van der Waals surface area (Å²) in [6.07, 6.45) is -0.0642. The van der Waals surface area contributed by atoms with Crippen molar-refractivity contribution in [3.8, 4) is 0 Å². The molecule has 8 heteroatoms. The van der Waals surface area contributed by atoms with Gasteiger partial charge in [-0.3, -0.25) is 4.79 Å². The third-order valence-corrected chi connectivity index (χ3v) is 5.61. The lowest BCUT2D eigenvalue weighted by Crippen LogP contribution is -2.42.